The number of benzene rings is 3. The van der Waals surface area contributed by atoms with E-state index in [2.05, 4.69) is 5.32 Å². The molecule has 3 aromatic carbocycles. The number of aryl methyl sites for hydroxylation is 1. The summed E-state index contributed by atoms with van der Waals surface area (Å²) >= 11 is 19.4. The number of sulfonamides is 1. The second kappa shape index (κ2) is 14.4. The molecular weight excluding hydrogens is 605 g/mol. The Morgan fingerprint density at radius 2 is 1.46 bits per heavy atom. The van der Waals surface area contributed by atoms with Gasteiger partial charge in [0.1, 0.15) is 12.6 Å². The van der Waals surface area contributed by atoms with Gasteiger partial charge in [-0.25, -0.2) is 8.42 Å². The lowest BCUT2D eigenvalue weighted by atomic mass is 10.1. The van der Waals surface area contributed by atoms with Gasteiger partial charge in [0.15, 0.2) is 0 Å². The van der Waals surface area contributed by atoms with E-state index in [1.165, 1.54) is 23.1 Å². The average molecular weight is 639 g/mol. The van der Waals surface area contributed by atoms with Crippen LogP contribution in [0.2, 0.25) is 15.1 Å². The van der Waals surface area contributed by atoms with Crippen LogP contribution < -0.4 is 9.62 Å². The zero-order chi connectivity index (χ0) is 30.3. The zero-order valence-corrected chi connectivity index (χ0v) is 26.5. The molecule has 7 nitrogen and oxygen atoms in total. The van der Waals surface area contributed by atoms with Gasteiger partial charge in [0.2, 0.25) is 11.8 Å². The summed E-state index contributed by atoms with van der Waals surface area (Å²) in [5.41, 5.74) is 1.46. The van der Waals surface area contributed by atoms with E-state index in [1.807, 2.05) is 20.8 Å². The Hall–Kier alpha value is -2.78. The average Bonchev–Trinajstić information content (AvgIpc) is 2.92. The molecule has 220 valence electrons. The summed E-state index contributed by atoms with van der Waals surface area (Å²) in [6.07, 6.45) is 0.272. The number of hydrogen-bond acceptors (Lipinski definition) is 4. The van der Waals surface area contributed by atoms with E-state index >= 15 is 0 Å². The fourth-order valence-corrected chi connectivity index (χ4v) is 6.44. The fraction of sp³-hybridized carbons (Fsp3) is 0.333. The third-order valence-electron chi connectivity index (χ3n) is 6.47. The van der Waals surface area contributed by atoms with Crippen molar-refractivity contribution < 1.29 is 18.0 Å². The van der Waals surface area contributed by atoms with Gasteiger partial charge in [-0.05, 0) is 55.7 Å². The minimum Gasteiger partial charge on any atom is -0.354 e. The lowest BCUT2D eigenvalue weighted by Gasteiger charge is -2.34. The molecule has 0 radical (unpaired) electrons. The summed E-state index contributed by atoms with van der Waals surface area (Å²) in [6, 6.07) is 16.8. The standard InChI is InChI=1S/C30H34Cl3N3O4S/c1-5-27(30(38)34-17-20(2)3)35(18-23-24(31)10-8-11-25(23)32)29(37)19-36(28-12-7-6-9-26(28)33)41(39,40)22-15-13-21(4)14-16-22/h6-16,20,27H,5,17-19H2,1-4H3,(H,34,38). The third kappa shape index (κ3) is 8.16. The van der Waals surface area contributed by atoms with E-state index in [9.17, 15) is 18.0 Å². The molecule has 3 aromatic rings. The van der Waals surface area contributed by atoms with Crippen molar-refractivity contribution in [1.82, 2.24) is 10.2 Å². The van der Waals surface area contributed by atoms with Crippen molar-refractivity contribution in [2.24, 2.45) is 5.92 Å². The maximum atomic E-state index is 14.2. The van der Waals surface area contributed by atoms with Crippen molar-refractivity contribution in [3.05, 3.63) is 92.9 Å². The topological polar surface area (TPSA) is 86.8 Å². The van der Waals surface area contributed by atoms with Crippen LogP contribution in [0.25, 0.3) is 0 Å². The molecule has 0 spiro atoms. The van der Waals surface area contributed by atoms with Crippen LogP contribution in [0.15, 0.2) is 71.6 Å². The monoisotopic (exact) mass is 637 g/mol. The van der Waals surface area contributed by atoms with E-state index in [0.717, 1.165) is 9.87 Å². The molecular formula is C30H34Cl3N3O4S. The number of halogens is 3. The van der Waals surface area contributed by atoms with E-state index in [1.54, 1.807) is 55.5 Å². The number of amides is 2. The zero-order valence-electron chi connectivity index (χ0n) is 23.4. The molecule has 41 heavy (non-hydrogen) atoms. The minimum atomic E-state index is -4.24. The second-order valence-electron chi connectivity index (χ2n) is 10.1. The Bertz CT molecular complexity index is 1460. The number of rotatable bonds is 12. The first kappa shape index (κ1) is 32.7. The predicted octanol–water partition coefficient (Wildman–Crippen LogP) is 6.73. The molecule has 0 saturated heterocycles. The van der Waals surface area contributed by atoms with Gasteiger partial charge >= 0.3 is 0 Å². The van der Waals surface area contributed by atoms with Crippen LogP contribution in [-0.4, -0.2) is 44.3 Å². The summed E-state index contributed by atoms with van der Waals surface area (Å²) in [5, 5.41) is 3.68. The Morgan fingerprint density at radius 1 is 0.878 bits per heavy atom. The van der Waals surface area contributed by atoms with Crippen LogP contribution >= 0.6 is 34.8 Å². The first-order chi connectivity index (χ1) is 19.4. The maximum absolute atomic E-state index is 14.2. The highest BCUT2D eigenvalue weighted by Crippen LogP contribution is 2.32. The quantitative estimate of drug-likeness (QED) is 0.238. The van der Waals surface area contributed by atoms with E-state index in [0.29, 0.717) is 22.2 Å². The van der Waals surface area contributed by atoms with Crippen LogP contribution in [0.4, 0.5) is 5.69 Å². The summed E-state index contributed by atoms with van der Waals surface area (Å²) < 4.78 is 28.9. The molecule has 3 rings (SSSR count). The maximum Gasteiger partial charge on any atom is 0.264 e. The van der Waals surface area contributed by atoms with Gasteiger partial charge in [-0.1, -0.05) is 91.5 Å². The van der Waals surface area contributed by atoms with Crippen LogP contribution in [0.1, 0.15) is 38.3 Å². The molecule has 1 N–H and O–H groups in total. The summed E-state index contributed by atoms with van der Waals surface area (Å²) in [6.45, 7) is 7.25. The Morgan fingerprint density at radius 3 is 2.02 bits per heavy atom. The second-order valence-corrected chi connectivity index (χ2v) is 13.1. The summed E-state index contributed by atoms with van der Waals surface area (Å²) in [4.78, 5) is 28.8. The molecule has 0 fully saturated rings. The third-order valence-corrected chi connectivity index (χ3v) is 9.27. The SMILES string of the molecule is CCC(C(=O)NCC(C)C)N(Cc1c(Cl)cccc1Cl)C(=O)CN(c1ccccc1Cl)S(=O)(=O)c1ccc(C)cc1. The predicted molar refractivity (Wildman–Crippen MR) is 166 cm³/mol. The molecule has 2 amide bonds. The largest absolute Gasteiger partial charge is 0.354 e. The van der Waals surface area contributed by atoms with Gasteiger partial charge in [-0.3, -0.25) is 13.9 Å². The number of nitrogens with one attached hydrogen (secondary N) is 1. The lowest BCUT2D eigenvalue weighted by Crippen LogP contribution is -2.52. The minimum absolute atomic E-state index is 0.00163. The number of anilines is 1. The number of nitrogens with zero attached hydrogens (tertiary/aromatic N) is 2. The number of hydrogen-bond donors (Lipinski definition) is 1. The molecule has 0 saturated carbocycles. The van der Waals surface area contributed by atoms with Crippen molar-refractivity contribution in [1.29, 1.82) is 0 Å². The number of para-hydroxylation sites is 1. The van der Waals surface area contributed by atoms with Crippen molar-refractivity contribution in [2.45, 2.75) is 51.6 Å². The summed E-state index contributed by atoms with van der Waals surface area (Å²) in [5.74, 6) is -0.791. The van der Waals surface area contributed by atoms with Gasteiger partial charge in [0.25, 0.3) is 10.0 Å². The molecule has 11 heteroatoms. The number of carbonyl (C=O) groups excluding carboxylic acids is 2. The lowest BCUT2D eigenvalue weighted by molar-refractivity contribution is -0.140. The van der Waals surface area contributed by atoms with Crippen molar-refractivity contribution >= 4 is 62.3 Å². The molecule has 1 unspecified atom stereocenters. The van der Waals surface area contributed by atoms with E-state index in [4.69, 9.17) is 34.8 Å². The van der Waals surface area contributed by atoms with E-state index in [-0.39, 0.29) is 40.4 Å². The molecule has 0 aliphatic carbocycles. The van der Waals surface area contributed by atoms with Gasteiger partial charge < -0.3 is 10.2 Å². The van der Waals surface area contributed by atoms with Crippen molar-refractivity contribution in [3.8, 4) is 0 Å². The highest BCUT2D eigenvalue weighted by atomic mass is 35.5. The van der Waals surface area contributed by atoms with E-state index < -0.39 is 28.5 Å². The molecule has 0 heterocycles. The highest BCUT2D eigenvalue weighted by molar-refractivity contribution is 7.92. The molecule has 0 aliphatic rings. The van der Waals surface area contributed by atoms with Crippen molar-refractivity contribution in [2.75, 3.05) is 17.4 Å². The Labute approximate surface area is 257 Å². The summed E-state index contributed by atoms with van der Waals surface area (Å²) in [7, 11) is -4.24. The van der Waals surface area contributed by atoms with Crippen molar-refractivity contribution in [3.63, 3.8) is 0 Å². The van der Waals surface area contributed by atoms with Gasteiger partial charge in [-0.2, -0.15) is 0 Å². The smallest absolute Gasteiger partial charge is 0.264 e. The van der Waals surface area contributed by atoms with Gasteiger partial charge in [-0.15, -0.1) is 0 Å². The van der Waals surface area contributed by atoms with Crippen LogP contribution in [0.3, 0.4) is 0 Å². The Balaban J connectivity index is 2.10. The van der Waals surface area contributed by atoms with Gasteiger partial charge in [0, 0.05) is 28.7 Å². The Kier molecular flexibility index (Phi) is 11.5. The first-order valence-corrected chi connectivity index (χ1v) is 15.8. The fourth-order valence-electron chi connectivity index (χ4n) is 4.20. The molecule has 0 aromatic heterocycles. The molecule has 1 atom stereocenters. The van der Waals surface area contributed by atoms with Gasteiger partial charge in [0.05, 0.1) is 15.6 Å². The molecule has 0 bridgehead atoms. The highest BCUT2D eigenvalue weighted by Gasteiger charge is 2.35. The normalized spacial score (nSPS) is 12.2. The first-order valence-electron chi connectivity index (χ1n) is 13.2. The van der Waals surface area contributed by atoms with Crippen LogP contribution in [0.5, 0.6) is 0 Å². The van der Waals surface area contributed by atoms with Crippen LogP contribution in [0, 0.1) is 12.8 Å². The number of carbonyl (C=O) groups is 2. The van der Waals surface area contributed by atoms with Crippen LogP contribution in [-0.2, 0) is 26.2 Å². The molecule has 0 aliphatic heterocycles.